The molecule has 17 heavy (non-hydrogen) atoms. The van der Waals surface area contributed by atoms with E-state index < -0.39 is 0 Å². The van der Waals surface area contributed by atoms with Gasteiger partial charge in [-0.2, -0.15) is 17.0 Å². The molecule has 3 atom stereocenters. The summed E-state index contributed by atoms with van der Waals surface area (Å²) in [6, 6.07) is 13.0. The fourth-order valence-electron chi connectivity index (χ4n) is 2.44. The van der Waals surface area contributed by atoms with Crippen molar-refractivity contribution in [3.05, 3.63) is 35.9 Å². The van der Waals surface area contributed by atoms with Crippen molar-refractivity contribution in [2.75, 3.05) is 0 Å². The monoisotopic (exact) mass is 245 g/mol. The Morgan fingerprint density at radius 2 is 2.06 bits per heavy atom. The molecular formula is C15H19NS. The molecule has 1 aromatic rings. The molecule has 0 aromatic heterocycles. The summed E-state index contributed by atoms with van der Waals surface area (Å²) in [4.78, 5) is 0. The second-order valence-corrected chi connectivity index (χ2v) is 6.22. The third-order valence-electron chi connectivity index (χ3n) is 3.53. The first kappa shape index (κ1) is 12.5. The molecule has 1 saturated carbocycles. The van der Waals surface area contributed by atoms with Crippen LogP contribution in [0.3, 0.4) is 0 Å². The molecule has 0 amide bonds. The van der Waals surface area contributed by atoms with Crippen molar-refractivity contribution in [2.24, 2.45) is 11.8 Å². The van der Waals surface area contributed by atoms with Crippen molar-refractivity contribution >= 4 is 11.8 Å². The Morgan fingerprint density at radius 3 is 2.76 bits per heavy atom. The van der Waals surface area contributed by atoms with Crippen molar-refractivity contribution < 1.29 is 0 Å². The first-order valence-corrected chi connectivity index (χ1v) is 7.39. The van der Waals surface area contributed by atoms with Gasteiger partial charge < -0.3 is 0 Å². The highest BCUT2D eigenvalue weighted by Gasteiger charge is 2.28. The summed E-state index contributed by atoms with van der Waals surface area (Å²) < 4.78 is 0. The lowest BCUT2D eigenvalue weighted by atomic mass is 9.83. The summed E-state index contributed by atoms with van der Waals surface area (Å²) in [5, 5.41) is 9.71. The lowest BCUT2D eigenvalue weighted by molar-refractivity contribution is 0.345. The minimum atomic E-state index is 0.264. The van der Waals surface area contributed by atoms with Gasteiger partial charge in [0.05, 0.1) is 12.0 Å². The van der Waals surface area contributed by atoms with Crippen molar-refractivity contribution in [3.63, 3.8) is 0 Å². The third kappa shape index (κ3) is 3.51. The maximum Gasteiger partial charge on any atom is 0.0667 e. The molecule has 0 saturated heterocycles. The minimum Gasteiger partial charge on any atom is -0.198 e. The summed E-state index contributed by atoms with van der Waals surface area (Å²) >= 11 is 1.96. The normalized spacial score (nSPS) is 28.6. The highest BCUT2D eigenvalue weighted by atomic mass is 32.2. The molecule has 2 rings (SSSR count). The van der Waals surface area contributed by atoms with Crippen LogP contribution in [0.2, 0.25) is 0 Å². The predicted octanol–water partition coefficient (Wildman–Crippen LogP) is 4.25. The molecule has 1 aromatic carbocycles. The molecule has 3 unspecified atom stereocenters. The fraction of sp³-hybridized carbons (Fsp3) is 0.533. The average molecular weight is 245 g/mol. The lowest BCUT2D eigenvalue weighted by Gasteiger charge is -2.30. The summed E-state index contributed by atoms with van der Waals surface area (Å²) in [5.74, 6) is 2.09. The Bertz CT molecular complexity index is 382. The third-order valence-corrected chi connectivity index (χ3v) is 4.98. The molecule has 0 heterocycles. The Morgan fingerprint density at radius 1 is 1.29 bits per heavy atom. The maximum absolute atomic E-state index is 9.18. The molecule has 0 bridgehead atoms. The van der Waals surface area contributed by atoms with Gasteiger partial charge in [-0.25, -0.2) is 0 Å². The summed E-state index contributed by atoms with van der Waals surface area (Å²) in [6.07, 6.45) is 3.51. The lowest BCUT2D eigenvalue weighted by Crippen LogP contribution is -2.25. The van der Waals surface area contributed by atoms with E-state index in [0.717, 1.165) is 18.1 Å². The van der Waals surface area contributed by atoms with E-state index in [9.17, 15) is 5.26 Å². The number of nitriles is 1. The van der Waals surface area contributed by atoms with E-state index in [1.54, 1.807) is 0 Å². The van der Waals surface area contributed by atoms with E-state index >= 15 is 0 Å². The van der Waals surface area contributed by atoms with E-state index in [-0.39, 0.29) is 5.92 Å². The zero-order chi connectivity index (χ0) is 12.1. The summed E-state index contributed by atoms with van der Waals surface area (Å²) in [7, 11) is 0. The number of thioether (sulfide) groups is 1. The quantitative estimate of drug-likeness (QED) is 0.795. The van der Waals surface area contributed by atoms with Crippen molar-refractivity contribution in [2.45, 2.75) is 37.2 Å². The van der Waals surface area contributed by atoms with Crippen molar-refractivity contribution in [1.29, 1.82) is 5.26 Å². The van der Waals surface area contributed by atoms with Gasteiger partial charge in [0.25, 0.3) is 0 Å². The van der Waals surface area contributed by atoms with Crippen LogP contribution in [0.1, 0.15) is 31.7 Å². The van der Waals surface area contributed by atoms with Gasteiger partial charge in [-0.1, -0.05) is 37.3 Å². The van der Waals surface area contributed by atoms with E-state index in [4.69, 9.17) is 0 Å². The zero-order valence-electron chi connectivity index (χ0n) is 10.3. The number of rotatable bonds is 3. The van der Waals surface area contributed by atoms with Gasteiger partial charge in [-0.15, -0.1) is 0 Å². The second kappa shape index (κ2) is 6.12. The van der Waals surface area contributed by atoms with Gasteiger partial charge in [0.1, 0.15) is 0 Å². The summed E-state index contributed by atoms with van der Waals surface area (Å²) in [5.41, 5.74) is 1.37. The van der Waals surface area contributed by atoms with E-state index in [1.165, 1.54) is 18.4 Å². The van der Waals surface area contributed by atoms with E-state index in [0.29, 0.717) is 5.25 Å². The van der Waals surface area contributed by atoms with Gasteiger partial charge in [-0.3, -0.25) is 0 Å². The first-order chi connectivity index (χ1) is 8.29. The van der Waals surface area contributed by atoms with Crippen LogP contribution >= 0.6 is 11.8 Å². The molecule has 1 aliphatic carbocycles. The van der Waals surface area contributed by atoms with Gasteiger partial charge in [0.2, 0.25) is 0 Å². The zero-order valence-corrected chi connectivity index (χ0v) is 11.1. The van der Waals surface area contributed by atoms with Gasteiger partial charge in [0, 0.05) is 11.0 Å². The Labute approximate surface area is 108 Å². The SMILES string of the molecule is CC1CCC(C#N)C(SCc2ccccc2)C1. The van der Waals surface area contributed by atoms with Gasteiger partial charge in [-0.05, 0) is 30.7 Å². The number of nitrogens with zero attached hydrogens (tertiary/aromatic N) is 1. The molecule has 0 radical (unpaired) electrons. The van der Waals surface area contributed by atoms with Crippen LogP contribution in [0.4, 0.5) is 0 Å². The molecule has 0 N–H and O–H groups in total. The van der Waals surface area contributed by atoms with E-state index in [1.807, 2.05) is 11.8 Å². The largest absolute Gasteiger partial charge is 0.198 e. The number of hydrogen-bond acceptors (Lipinski definition) is 2. The molecule has 2 heteroatoms. The summed E-state index contributed by atoms with van der Waals surface area (Å²) in [6.45, 7) is 2.31. The van der Waals surface area contributed by atoms with Crippen LogP contribution in [0.15, 0.2) is 30.3 Å². The van der Waals surface area contributed by atoms with Crippen molar-refractivity contribution in [3.8, 4) is 6.07 Å². The van der Waals surface area contributed by atoms with Crippen LogP contribution in [-0.2, 0) is 5.75 Å². The van der Waals surface area contributed by atoms with Crippen LogP contribution in [0.5, 0.6) is 0 Å². The minimum absolute atomic E-state index is 0.264. The molecule has 1 aliphatic rings. The topological polar surface area (TPSA) is 23.8 Å². The van der Waals surface area contributed by atoms with Crippen LogP contribution in [0.25, 0.3) is 0 Å². The molecule has 1 fully saturated rings. The second-order valence-electron chi connectivity index (χ2n) is 4.99. The first-order valence-electron chi connectivity index (χ1n) is 6.34. The highest BCUT2D eigenvalue weighted by Crippen LogP contribution is 2.37. The Balaban J connectivity index is 1.91. The fourth-order valence-corrected chi connectivity index (χ4v) is 3.93. The van der Waals surface area contributed by atoms with Crippen LogP contribution in [0, 0.1) is 23.2 Å². The maximum atomic E-state index is 9.18. The molecule has 0 aliphatic heterocycles. The average Bonchev–Trinajstić information content (AvgIpc) is 2.38. The number of benzene rings is 1. The van der Waals surface area contributed by atoms with Gasteiger partial charge >= 0.3 is 0 Å². The number of hydrogen-bond donors (Lipinski definition) is 0. The molecular weight excluding hydrogens is 226 g/mol. The molecule has 1 nitrogen and oxygen atoms in total. The highest BCUT2D eigenvalue weighted by molar-refractivity contribution is 7.99. The molecule has 90 valence electrons. The standard InChI is InChI=1S/C15H19NS/c1-12-7-8-14(10-16)15(9-12)17-11-13-5-3-2-4-6-13/h2-6,12,14-15H,7-9,11H2,1H3. The smallest absolute Gasteiger partial charge is 0.0667 e. The van der Waals surface area contributed by atoms with Crippen molar-refractivity contribution in [1.82, 2.24) is 0 Å². The Kier molecular flexibility index (Phi) is 4.50. The van der Waals surface area contributed by atoms with Gasteiger partial charge in [0.15, 0.2) is 0 Å². The molecule has 0 spiro atoms. The Hall–Kier alpha value is -0.940. The predicted molar refractivity (Wildman–Crippen MR) is 73.6 cm³/mol. The van der Waals surface area contributed by atoms with Crippen LogP contribution in [-0.4, -0.2) is 5.25 Å². The van der Waals surface area contributed by atoms with E-state index in [2.05, 4.69) is 43.3 Å². The van der Waals surface area contributed by atoms with Crippen LogP contribution < -0.4 is 0 Å².